The first-order valence-corrected chi connectivity index (χ1v) is 6.84. The van der Waals surface area contributed by atoms with E-state index < -0.39 is 0 Å². The molecule has 0 fully saturated rings. The van der Waals surface area contributed by atoms with E-state index in [2.05, 4.69) is 32.4 Å². The van der Waals surface area contributed by atoms with E-state index in [-0.39, 0.29) is 0 Å². The van der Waals surface area contributed by atoms with Crippen LogP contribution in [-0.4, -0.2) is 26.0 Å². The summed E-state index contributed by atoms with van der Waals surface area (Å²) in [5, 5.41) is 10.2. The van der Waals surface area contributed by atoms with Crippen molar-refractivity contribution in [2.45, 2.75) is 11.7 Å². The Labute approximate surface area is 109 Å². The van der Waals surface area contributed by atoms with Gasteiger partial charge in [-0.2, -0.15) is 0 Å². The standard InChI is InChI=1S/C13H12N4S/c1-3-8-17-10-7-5-4-6-9(10)11-12(17)14-13(18-2)16-15-11/h3-7H,1,8H2,2H3. The van der Waals surface area contributed by atoms with Crippen molar-refractivity contribution in [3.63, 3.8) is 0 Å². The molecule has 0 unspecified atom stereocenters. The number of aromatic nitrogens is 4. The van der Waals surface area contributed by atoms with E-state index in [0.29, 0.717) is 5.16 Å². The Morgan fingerprint density at radius 3 is 2.94 bits per heavy atom. The molecule has 1 aromatic carbocycles. The van der Waals surface area contributed by atoms with Crippen LogP contribution in [0.4, 0.5) is 0 Å². The molecule has 0 spiro atoms. The quantitative estimate of drug-likeness (QED) is 0.534. The summed E-state index contributed by atoms with van der Waals surface area (Å²) in [6.45, 7) is 4.52. The van der Waals surface area contributed by atoms with Crippen LogP contribution in [0.2, 0.25) is 0 Å². The molecule has 3 rings (SSSR count). The number of hydrogen-bond acceptors (Lipinski definition) is 4. The van der Waals surface area contributed by atoms with Gasteiger partial charge < -0.3 is 4.57 Å². The number of benzene rings is 1. The molecule has 2 heterocycles. The lowest BCUT2D eigenvalue weighted by molar-refractivity contribution is 0.829. The predicted octanol–water partition coefficient (Wildman–Crippen LogP) is 2.89. The lowest BCUT2D eigenvalue weighted by Gasteiger charge is -2.02. The fourth-order valence-electron chi connectivity index (χ4n) is 2.09. The summed E-state index contributed by atoms with van der Waals surface area (Å²) in [7, 11) is 0. The molecular weight excluding hydrogens is 244 g/mol. The number of allylic oxidation sites excluding steroid dienone is 1. The molecule has 5 heteroatoms. The second-order valence-electron chi connectivity index (χ2n) is 3.89. The van der Waals surface area contributed by atoms with Gasteiger partial charge in [-0.3, -0.25) is 0 Å². The molecule has 0 saturated carbocycles. The second-order valence-corrected chi connectivity index (χ2v) is 4.66. The van der Waals surface area contributed by atoms with Crippen LogP contribution in [0.15, 0.2) is 42.1 Å². The average molecular weight is 256 g/mol. The third-order valence-corrected chi connectivity index (χ3v) is 3.39. The number of thioether (sulfide) groups is 1. The minimum Gasteiger partial charge on any atom is -0.320 e. The maximum atomic E-state index is 4.55. The molecule has 0 aliphatic heterocycles. The number of fused-ring (bicyclic) bond motifs is 3. The molecule has 0 aliphatic carbocycles. The summed E-state index contributed by atoms with van der Waals surface area (Å²) < 4.78 is 2.12. The minimum absolute atomic E-state index is 0.690. The van der Waals surface area contributed by atoms with E-state index in [1.54, 1.807) is 0 Å². The normalized spacial score (nSPS) is 11.2. The molecule has 2 aromatic heterocycles. The van der Waals surface area contributed by atoms with Crippen LogP contribution < -0.4 is 0 Å². The Kier molecular flexibility index (Phi) is 2.76. The summed E-state index contributed by atoms with van der Waals surface area (Å²) in [6.07, 6.45) is 3.82. The van der Waals surface area contributed by atoms with Crippen molar-refractivity contribution in [2.24, 2.45) is 0 Å². The van der Waals surface area contributed by atoms with Crippen molar-refractivity contribution in [2.75, 3.05) is 6.26 Å². The second kappa shape index (κ2) is 4.42. The first kappa shape index (κ1) is 11.2. The van der Waals surface area contributed by atoms with Crippen LogP contribution in [0, 0.1) is 0 Å². The van der Waals surface area contributed by atoms with Crippen molar-refractivity contribution in [1.29, 1.82) is 0 Å². The predicted molar refractivity (Wildman–Crippen MR) is 74.8 cm³/mol. The Bertz CT molecular complexity index is 732. The maximum Gasteiger partial charge on any atom is 0.210 e. The fourth-order valence-corrected chi connectivity index (χ4v) is 2.39. The Morgan fingerprint density at radius 1 is 1.33 bits per heavy atom. The lowest BCUT2D eigenvalue weighted by Crippen LogP contribution is -1.98. The van der Waals surface area contributed by atoms with Gasteiger partial charge in [-0.05, 0) is 12.3 Å². The van der Waals surface area contributed by atoms with Crippen molar-refractivity contribution >= 4 is 33.8 Å². The number of para-hydroxylation sites is 1. The van der Waals surface area contributed by atoms with E-state index in [0.717, 1.165) is 28.6 Å². The third-order valence-electron chi connectivity index (χ3n) is 2.85. The summed E-state index contributed by atoms with van der Waals surface area (Å²) >= 11 is 1.50. The molecule has 90 valence electrons. The fraction of sp³-hybridized carbons (Fsp3) is 0.154. The van der Waals surface area contributed by atoms with E-state index in [1.807, 2.05) is 30.5 Å². The molecule has 0 atom stereocenters. The Hall–Kier alpha value is -1.88. The maximum absolute atomic E-state index is 4.55. The van der Waals surface area contributed by atoms with Crippen molar-refractivity contribution in [1.82, 2.24) is 19.7 Å². The van der Waals surface area contributed by atoms with Gasteiger partial charge in [0.2, 0.25) is 5.16 Å². The van der Waals surface area contributed by atoms with Crippen LogP contribution in [0.5, 0.6) is 0 Å². The van der Waals surface area contributed by atoms with Gasteiger partial charge in [0.05, 0.1) is 5.52 Å². The van der Waals surface area contributed by atoms with Gasteiger partial charge in [0.15, 0.2) is 5.65 Å². The highest BCUT2D eigenvalue weighted by Crippen LogP contribution is 2.26. The van der Waals surface area contributed by atoms with Gasteiger partial charge in [0, 0.05) is 11.9 Å². The van der Waals surface area contributed by atoms with Crippen molar-refractivity contribution in [3.8, 4) is 0 Å². The summed E-state index contributed by atoms with van der Waals surface area (Å²) in [4.78, 5) is 4.55. The van der Waals surface area contributed by atoms with Gasteiger partial charge in [0.1, 0.15) is 5.52 Å². The zero-order valence-corrected chi connectivity index (χ0v) is 10.8. The lowest BCUT2D eigenvalue weighted by atomic mass is 10.2. The highest BCUT2D eigenvalue weighted by atomic mass is 32.2. The molecule has 4 nitrogen and oxygen atoms in total. The highest BCUT2D eigenvalue weighted by molar-refractivity contribution is 7.98. The first-order chi connectivity index (χ1) is 8.85. The zero-order valence-electron chi connectivity index (χ0n) is 10.00. The molecule has 18 heavy (non-hydrogen) atoms. The van der Waals surface area contributed by atoms with E-state index in [1.165, 1.54) is 11.8 Å². The Morgan fingerprint density at radius 2 is 2.17 bits per heavy atom. The monoisotopic (exact) mass is 256 g/mol. The SMILES string of the molecule is C=CCn1c2ccccc2c2nnc(SC)nc21. The van der Waals surface area contributed by atoms with Gasteiger partial charge in [-0.15, -0.1) is 16.8 Å². The highest BCUT2D eigenvalue weighted by Gasteiger charge is 2.13. The van der Waals surface area contributed by atoms with Gasteiger partial charge in [-0.1, -0.05) is 36.0 Å². The number of rotatable bonds is 3. The van der Waals surface area contributed by atoms with E-state index in [4.69, 9.17) is 0 Å². The molecule has 3 aromatic rings. The number of nitrogens with zero attached hydrogens (tertiary/aromatic N) is 4. The molecule has 0 aliphatic rings. The van der Waals surface area contributed by atoms with Gasteiger partial charge >= 0.3 is 0 Å². The summed E-state index contributed by atoms with van der Waals surface area (Å²) in [6, 6.07) is 8.14. The molecule has 0 N–H and O–H groups in total. The topological polar surface area (TPSA) is 43.6 Å². The summed E-state index contributed by atoms with van der Waals surface area (Å²) in [5.41, 5.74) is 2.84. The first-order valence-electron chi connectivity index (χ1n) is 5.61. The summed E-state index contributed by atoms with van der Waals surface area (Å²) in [5.74, 6) is 0. The van der Waals surface area contributed by atoms with Crippen molar-refractivity contribution < 1.29 is 0 Å². The number of hydrogen-bond donors (Lipinski definition) is 0. The molecule has 0 amide bonds. The van der Waals surface area contributed by atoms with Gasteiger partial charge in [-0.25, -0.2) is 4.98 Å². The van der Waals surface area contributed by atoms with Crippen LogP contribution in [0.1, 0.15) is 0 Å². The molecular formula is C13H12N4S. The van der Waals surface area contributed by atoms with E-state index in [9.17, 15) is 0 Å². The van der Waals surface area contributed by atoms with Gasteiger partial charge in [0.25, 0.3) is 0 Å². The van der Waals surface area contributed by atoms with Crippen LogP contribution in [-0.2, 0) is 6.54 Å². The van der Waals surface area contributed by atoms with E-state index >= 15 is 0 Å². The molecule has 0 saturated heterocycles. The van der Waals surface area contributed by atoms with Crippen LogP contribution >= 0.6 is 11.8 Å². The van der Waals surface area contributed by atoms with Crippen LogP contribution in [0.25, 0.3) is 22.1 Å². The zero-order chi connectivity index (χ0) is 12.5. The smallest absolute Gasteiger partial charge is 0.210 e. The largest absolute Gasteiger partial charge is 0.320 e. The average Bonchev–Trinajstić information content (AvgIpc) is 2.73. The third kappa shape index (κ3) is 1.59. The van der Waals surface area contributed by atoms with Crippen molar-refractivity contribution in [3.05, 3.63) is 36.9 Å². The molecule has 0 radical (unpaired) electrons. The van der Waals surface area contributed by atoms with Crippen LogP contribution in [0.3, 0.4) is 0 Å². The minimum atomic E-state index is 0.690. The molecule has 0 bridgehead atoms. The Balaban J connectivity index is 2.45.